The number of hydrogen-bond acceptors (Lipinski definition) is 2. The molecule has 102 valence electrons. The Bertz CT molecular complexity index is 668. The molecule has 0 spiro atoms. The molecule has 0 saturated heterocycles. The quantitative estimate of drug-likeness (QED) is 0.783. The van der Waals surface area contributed by atoms with Crippen LogP contribution >= 0.6 is 0 Å². The van der Waals surface area contributed by atoms with Crippen LogP contribution in [0.2, 0.25) is 0 Å². The molecular weight excluding hydrogens is 248 g/mol. The summed E-state index contributed by atoms with van der Waals surface area (Å²) in [5, 5.41) is 2.44. The molecule has 1 heterocycles. The predicted molar refractivity (Wildman–Crippen MR) is 82.6 cm³/mol. The van der Waals surface area contributed by atoms with Crippen LogP contribution in [-0.4, -0.2) is 6.61 Å². The van der Waals surface area contributed by atoms with Gasteiger partial charge in [-0.15, -0.1) is 0 Å². The maximum atomic E-state index is 5.93. The van der Waals surface area contributed by atoms with Gasteiger partial charge in [-0.25, -0.2) is 0 Å². The van der Waals surface area contributed by atoms with Gasteiger partial charge < -0.3 is 9.47 Å². The lowest BCUT2D eigenvalue weighted by Crippen LogP contribution is -2.00. The van der Waals surface area contributed by atoms with Crippen LogP contribution in [0.3, 0.4) is 0 Å². The molecule has 0 aliphatic carbocycles. The molecule has 2 heteroatoms. The Labute approximate surface area is 119 Å². The molecule has 2 aromatic carbocycles. The van der Waals surface area contributed by atoms with Crippen LogP contribution in [0.25, 0.3) is 16.3 Å². The van der Waals surface area contributed by atoms with Crippen molar-refractivity contribution in [3.05, 3.63) is 60.6 Å². The van der Waals surface area contributed by atoms with Crippen molar-refractivity contribution in [1.82, 2.24) is 0 Å². The molecule has 0 N–H and O–H groups in total. The zero-order valence-electron chi connectivity index (χ0n) is 11.6. The van der Waals surface area contributed by atoms with E-state index in [0.717, 1.165) is 36.3 Å². The zero-order chi connectivity index (χ0) is 13.8. The van der Waals surface area contributed by atoms with Crippen LogP contribution in [0.15, 0.2) is 55.0 Å². The van der Waals surface area contributed by atoms with Gasteiger partial charge in [-0.3, -0.25) is 0 Å². The molecular formula is C18H18O2. The van der Waals surface area contributed by atoms with E-state index in [1.54, 1.807) is 6.26 Å². The predicted octanol–water partition coefficient (Wildman–Crippen LogP) is 4.90. The molecule has 0 atom stereocenters. The molecule has 20 heavy (non-hydrogen) atoms. The highest BCUT2D eigenvalue weighted by Crippen LogP contribution is 2.36. The molecule has 3 rings (SSSR count). The van der Waals surface area contributed by atoms with Crippen LogP contribution in [0, 0.1) is 0 Å². The fraction of sp³-hybridized carbons (Fsp3) is 0.222. The van der Waals surface area contributed by atoms with Gasteiger partial charge in [0.1, 0.15) is 5.75 Å². The Morgan fingerprint density at radius 1 is 1.15 bits per heavy atom. The van der Waals surface area contributed by atoms with Gasteiger partial charge in [-0.2, -0.15) is 0 Å². The summed E-state index contributed by atoms with van der Waals surface area (Å²) in [5.74, 6) is 0.940. The Balaban J connectivity index is 2.15. The van der Waals surface area contributed by atoms with E-state index in [-0.39, 0.29) is 0 Å². The first-order chi connectivity index (χ1) is 9.90. The lowest BCUT2D eigenvalue weighted by molar-refractivity contribution is 0.316. The SMILES string of the molecule is CCCOc1ccc2ccccc2c1C1=COC=CC1. The van der Waals surface area contributed by atoms with Gasteiger partial charge in [0.25, 0.3) is 0 Å². The third-order valence-corrected chi connectivity index (χ3v) is 3.40. The van der Waals surface area contributed by atoms with Crippen molar-refractivity contribution in [2.45, 2.75) is 19.8 Å². The van der Waals surface area contributed by atoms with E-state index in [2.05, 4.69) is 43.3 Å². The molecule has 1 aliphatic heterocycles. The number of rotatable bonds is 4. The van der Waals surface area contributed by atoms with Crippen molar-refractivity contribution in [3.63, 3.8) is 0 Å². The van der Waals surface area contributed by atoms with E-state index in [1.807, 2.05) is 12.3 Å². The second-order valence-electron chi connectivity index (χ2n) is 4.86. The molecule has 0 aromatic heterocycles. The van der Waals surface area contributed by atoms with E-state index in [4.69, 9.17) is 9.47 Å². The van der Waals surface area contributed by atoms with E-state index in [1.165, 1.54) is 10.8 Å². The average Bonchev–Trinajstić information content (AvgIpc) is 2.53. The maximum Gasteiger partial charge on any atom is 0.127 e. The summed E-state index contributed by atoms with van der Waals surface area (Å²) in [6.07, 6.45) is 7.45. The highest BCUT2D eigenvalue weighted by atomic mass is 16.5. The van der Waals surface area contributed by atoms with Crippen molar-refractivity contribution < 1.29 is 9.47 Å². The van der Waals surface area contributed by atoms with E-state index >= 15 is 0 Å². The van der Waals surface area contributed by atoms with Crippen LogP contribution in [-0.2, 0) is 4.74 Å². The molecule has 0 saturated carbocycles. The Kier molecular flexibility index (Phi) is 3.73. The Morgan fingerprint density at radius 2 is 2.05 bits per heavy atom. The van der Waals surface area contributed by atoms with Gasteiger partial charge in [0.05, 0.1) is 19.1 Å². The second-order valence-corrected chi connectivity index (χ2v) is 4.86. The third-order valence-electron chi connectivity index (χ3n) is 3.40. The van der Waals surface area contributed by atoms with Crippen molar-refractivity contribution in [2.24, 2.45) is 0 Å². The summed E-state index contributed by atoms with van der Waals surface area (Å²) in [7, 11) is 0. The van der Waals surface area contributed by atoms with Crippen molar-refractivity contribution in [3.8, 4) is 5.75 Å². The van der Waals surface area contributed by atoms with E-state index in [0.29, 0.717) is 0 Å². The maximum absolute atomic E-state index is 5.93. The molecule has 1 aliphatic rings. The van der Waals surface area contributed by atoms with E-state index < -0.39 is 0 Å². The lowest BCUT2D eigenvalue weighted by Gasteiger charge is -2.17. The number of ether oxygens (including phenoxy) is 2. The van der Waals surface area contributed by atoms with Crippen molar-refractivity contribution >= 4 is 16.3 Å². The standard InChI is InChI=1S/C18H18O2/c1-2-11-20-17-10-9-14-6-3-4-8-16(14)18(17)15-7-5-12-19-13-15/h3-6,8-10,12-13H,2,7,11H2,1H3. The highest BCUT2D eigenvalue weighted by Gasteiger charge is 2.14. The minimum Gasteiger partial charge on any atom is -0.493 e. The second kappa shape index (κ2) is 5.83. The third kappa shape index (κ3) is 2.42. The first-order valence-electron chi connectivity index (χ1n) is 7.04. The van der Waals surface area contributed by atoms with E-state index in [9.17, 15) is 0 Å². The normalized spacial score (nSPS) is 13.9. The van der Waals surface area contributed by atoms with Crippen LogP contribution < -0.4 is 4.74 Å². The lowest BCUT2D eigenvalue weighted by atomic mass is 9.95. The summed E-state index contributed by atoms with van der Waals surface area (Å²) in [6, 6.07) is 12.6. The van der Waals surface area contributed by atoms with Crippen LogP contribution in [0.1, 0.15) is 25.3 Å². The molecule has 0 amide bonds. The van der Waals surface area contributed by atoms with Gasteiger partial charge in [0.15, 0.2) is 0 Å². The Morgan fingerprint density at radius 3 is 2.85 bits per heavy atom. The summed E-state index contributed by atoms with van der Waals surface area (Å²) >= 11 is 0. The number of fused-ring (bicyclic) bond motifs is 1. The smallest absolute Gasteiger partial charge is 0.127 e. The fourth-order valence-corrected chi connectivity index (χ4v) is 2.48. The van der Waals surface area contributed by atoms with Gasteiger partial charge in [0, 0.05) is 11.1 Å². The highest BCUT2D eigenvalue weighted by molar-refractivity contribution is 5.96. The first-order valence-corrected chi connectivity index (χ1v) is 7.04. The number of benzene rings is 2. The molecule has 0 bridgehead atoms. The molecule has 2 aromatic rings. The summed E-state index contributed by atoms with van der Waals surface area (Å²) in [4.78, 5) is 0. The first kappa shape index (κ1) is 12.8. The summed E-state index contributed by atoms with van der Waals surface area (Å²) in [6.45, 7) is 2.85. The Hall–Kier alpha value is -2.22. The summed E-state index contributed by atoms with van der Waals surface area (Å²) in [5.41, 5.74) is 2.32. The minimum atomic E-state index is 0.731. The number of hydrogen-bond donors (Lipinski definition) is 0. The topological polar surface area (TPSA) is 18.5 Å². The van der Waals surface area contributed by atoms with Gasteiger partial charge in [0.2, 0.25) is 0 Å². The minimum absolute atomic E-state index is 0.731. The van der Waals surface area contributed by atoms with Crippen molar-refractivity contribution in [2.75, 3.05) is 6.61 Å². The molecule has 2 nitrogen and oxygen atoms in total. The largest absolute Gasteiger partial charge is 0.493 e. The number of allylic oxidation sites excluding steroid dienone is 2. The van der Waals surface area contributed by atoms with Gasteiger partial charge in [-0.1, -0.05) is 37.3 Å². The molecule has 0 fully saturated rings. The van der Waals surface area contributed by atoms with Crippen LogP contribution in [0.5, 0.6) is 5.75 Å². The molecule has 0 unspecified atom stereocenters. The van der Waals surface area contributed by atoms with Crippen molar-refractivity contribution in [1.29, 1.82) is 0 Å². The van der Waals surface area contributed by atoms with Gasteiger partial charge in [-0.05, 0) is 35.8 Å². The monoisotopic (exact) mass is 266 g/mol. The van der Waals surface area contributed by atoms with Crippen LogP contribution in [0.4, 0.5) is 0 Å². The van der Waals surface area contributed by atoms with Gasteiger partial charge >= 0.3 is 0 Å². The molecule has 0 radical (unpaired) electrons. The average molecular weight is 266 g/mol. The zero-order valence-corrected chi connectivity index (χ0v) is 11.6. The summed E-state index contributed by atoms with van der Waals surface area (Å²) < 4.78 is 11.3. The fourth-order valence-electron chi connectivity index (χ4n) is 2.48.